The maximum absolute atomic E-state index is 11.9. The number of pyridine rings is 1. The summed E-state index contributed by atoms with van der Waals surface area (Å²) >= 11 is 0. The molecule has 0 aliphatic rings. The lowest BCUT2D eigenvalue weighted by Crippen LogP contribution is -2.28. The van der Waals surface area contributed by atoms with E-state index in [9.17, 15) is 9.70 Å². The maximum Gasteiger partial charge on any atom is 0.288 e. The molecule has 0 radical (unpaired) electrons. The summed E-state index contributed by atoms with van der Waals surface area (Å²) in [5.74, 6) is -0.339. The van der Waals surface area contributed by atoms with Gasteiger partial charge in [0, 0.05) is 17.8 Å². The van der Waals surface area contributed by atoms with Gasteiger partial charge in [-0.2, -0.15) is 0 Å². The van der Waals surface area contributed by atoms with Crippen LogP contribution >= 0.6 is 0 Å². The predicted octanol–water partition coefficient (Wildman–Crippen LogP) is 2.31. The summed E-state index contributed by atoms with van der Waals surface area (Å²) in [4.78, 5) is 26.1. The number of nitrogens with zero attached hydrogens (tertiary/aromatic N) is 2. The SMILES string of the molecule is Cc1ccnc(OC(C(=O)NN=O)c2ccccc2)c1. The lowest BCUT2D eigenvalue weighted by atomic mass is 10.1. The van der Waals surface area contributed by atoms with Gasteiger partial charge in [0.2, 0.25) is 12.0 Å². The minimum atomic E-state index is -0.983. The number of ether oxygens (including phenoxy) is 1. The van der Waals surface area contributed by atoms with Gasteiger partial charge in [-0.3, -0.25) is 4.79 Å². The summed E-state index contributed by atoms with van der Waals surface area (Å²) in [6.07, 6.45) is 0.603. The van der Waals surface area contributed by atoms with E-state index in [1.165, 1.54) is 0 Å². The molecule has 0 spiro atoms. The Morgan fingerprint density at radius 3 is 2.70 bits per heavy atom. The van der Waals surface area contributed by atoms with E-state index in [4.69, 9.17) is 4.74 Å². The normalized spacial score (nSPS) is 11.4. The number of hydrogen-bond acceptors (Lipinski definition) is 5. The second-order valence-electron chi connectivity index (χ2n) is 4.15. The standard InChI is InChI=1S/C14H13N3O3/c1-10-7-8-15-12(9-10)20-13(14(18)16-17-19)11-5-3-2-4-6-11/h2-9,13H,1H3,(H,16,18,19). The van der Waals surface area contributed by atoms with Gasteiger partial charge in [0.15, 0.2) is 0 Å². The molecule has 0 aliphatic carbocycles. The molecule has 20 heavy (non-hydrogen) atoms. The smallest absolute Gasteiger partial charge is 0.288 e. The Labute approximate surface area is 115 Å². The van der Waals surface area contributed by atoms with Crippen LogP contribution in [0.3, 0.4) is 0 Å². The zero-order chi connectivity index (χ0) is 14.4. The van der Waals surface area contributed by atoms with E-state index in [0.717, 1.165) is 5.56 Å². The molecule has 2 rings (SSSR count). The van der Waals surface area contributed by atoms with E-state index in [1.54, 1.807) is 36.5 Å². The Bertz CT molecular complexity index is 602. The second kappa shape index (κ2) is 6.42. The van der Waals surface area contributed by atoms with Crippen LogP contribution in [0.2, 0.25) is 0 Å². The first-order chi connectivity index (χ1) is 9.70. The number of aryl methyl sites for hydroxylation is 1. The molecule has 0 aliphatic heterocycles. The van der Waals surface area contributed by atoms with Gasteiger partial charge in [0.05, 0.1) is 5.29 Å². The van der Waals surface area contributed by atoms with Gasteiger partial charge in [-0.25, -0.2) is 10.4 Å². The lowest BCUT2D eigenvalue weighted by Gasteiger charge is -2.16. The van der Waals surface area contributed by atoms with E-state index in [1.807, 2.05) is 24.5 Å². The number of amides is 1. The third-order valence-electron chi connectivity index (χ3n) is 2.63. The highest BCUT2D eigenvalue weighted by molar-refractivity contribution is 5.82. The number of rotatable bonds is 5. The minimum Gasteiger partial charge on any atom is -0.459 e. The third-order valence-corrected chi connectivity index (χ3v) is 2.63. The van der Waals surface area contributed by atoms with E-state index in [0.29, 0.717) is 11.4 Å². The summed E-state index contributed by atoms with van der Waals surface area (Å²) < 4.78 is 5.57. The average molecular weight is 271 g/mol. The van der Waals surface area contributed by atoms with E-state index in [2.05, 4.69) is 10.3 Å². The Kier molecular flexibility index (Phi) is 4.39. The van der Waals surface area contributed by atoms with E-state index in [-0.39, 0.29) is 0 Å². The van der Waals surface area contributed by atoms with E-state index >= 15 is 0 Å². The van der Waals surface area contributed by atoms with Crippen LogP contribution in [0.1, 0.15) is 17.2 Å². The summed E-state index contributed by atoms with van der Waals surface area (Å²) in [7, 11) is 0. The summed E-state index contributed by atoms with van der Waals surface area (Å²) in [5.41, 5.74) is 3.42. The van der Waals surface area contributed by atoms with Crippen molar-refractivity contribution in [2.75, 3.05) is 0 Å². The highest BCUT2D eigenvalue weighted by Gasteiger charge is 2.23. The molecule has 6 nitrogen and oxygen atoms in total. The first-order valence-electron chi connectivity index (χ1n) is 5.97. The molecular weight excluding hydrogens is 258 g/mol. The van der Waals surface area contributed by atoms with Crippen LogP contribution in [-0.2, 0) is 4.79 Å². The van der Waals surface area contributed by atoms with Crippen LogP contribution in [0.4, 0.5) is 0 Å². The van der Waals surface area contributed by atoms with Crippen LogP contribution in [0.25, 0.3) is 0 Å². The Morgan fingerprint density at radius 1 is 1.30 bits per heavy atom. The minimum absolute atomic E-state index is 0.305. The lowest BCUT2D eigenvalue weighted by molar-refractivity contribution is -0.128. The fourth-order valence-electron chi connectivity index (χ4n) is 1.70. The molecule has 1 aromatic carbocycles. The van der Waals surface area contributed by atoms with Gasteiger partial charge >= 0.3 is 0 Å². The molecular formula is C14H13N3O3. The highest BCUT2D eigenvalue weighted by atomic mass is 16.5. The molecule has 102 valence electrons. The average Bonchev–Trinajstić information content (AvgIpc) is 2.46. The Hall–Kier alpha value is -2.76. The molecule has 0 saturated carbocycles. The van der Waals surface area contributed by atoms with Crippen LogP contribution in [0.15, 0.2) is 53.9 Å². The number of benzene rings is 1. The third kappa shape index (κ3) is 3.38. The van der Waals surface area contributed by atoms with Gasteiger partial charge in [0.25, 0.3) is 5.91 Å². The van der Waals surface area contributed by atoms with Crippen molar-refractivity contribution in [2.45, 2.75) is 13.0 Å². The molecule has 0 bridgehead atoms. The Balaban J connectivity index is 2.27. The number of hydrogen-bond donors (Lipinski definition) is 1. The van der Waals surface area contributed by atoms with Crippen molar-refractivity contribution in [3.63, 3.8) is 0 Å². The van der Waals surface area contributed by atoms with Gasteiger partial charge in [-0.05, 0) is 18.6 Å². The fraction of sp³-hybridized carbons (Fsp3) is 0.143. The number of carbonyl (C=O) groups is 1. The van der Waals surface area contributed by atoms with Crippen molar-refractivity contribution in [3.05, 3.63) is 64.7 Å². The van der Waals surface area contributed by atoms with Crippen LogP contribution in [-0.4, -0.2) is 10.9 Å². The monoisotopic (exact) mass is 271 g/mol. The van der Waals surface area contributed by atoms with Crippen molar-refractivity contribution < 1.29 is 9.53 Å². The van der Waals surface area contributed by atoms with Gasteiger partial charge in [-0.1, -0.05) is 30.3 Å². The molecule has 2 aromatic rings. The van der Waals surface area contributed by atoms with Crippen molar-refractivity contribution in [1.29, 1.82) is 0 Å². The van der Waals surface area contributed by atoms with Gasteiger partial charge in [-0.15, -0.1) is 4.91 Å². The molecule has 1 unspecified atom stereocenters. The van der Waals surface area contributed by atoms with Gasteiger partial charge < -0.3 is 4.74 Å². The summed E-state index contributed by atoms with van der Waals surface area (Å²) in [6.45, 7) is 1.89. The van der Waals surface area contributed by atoms with Crippen molar-refractivity contribution in [2.24, 2.45) is 5.29 Å². The highest BCUT2D eigenvalue weighted by Crippen LogP contribution is 2.21. The van der Waals surface area contributed by atoms with Crippen LogP contribution < -0.4 is 10.2 Å². The molecule has 1 atom stereocenters. The number of carbonyl (C=O) groups excluding carboxylic acids is 1. The van der Waals surface area contributed by atoms with Gasteiger partial charge in [0.1, 0.15) is 0 Å². The number of aromatic nitrogens is 1. The summed E-state index contributed by atoms with van der Waals surface area (Å²) in [6, 6.07) is 12.3. The van der Waals surface area contributed by atoms with E-state index < -0.39 is 12.0 Å². The van der Waals surface area contributed by atoms with Crippen molar-refractivity contribution >= 4 is 5.91 Å². The summed E-state index contributed by atoms with van der Waals surface area (Å²) in [5, 5.41) is 2.39. The largest absolute Gasteiger partial charge is 0.459 e. The first-order valence-corrected chi connectivity index (χ1v) is 5.97. The molecule has 1 amide bonds. The molecule has 0 fully saturated rings. The van der Waals surface area contributed by atoms with Crippen LogP contribution in [0, 0.1) is 11.8 Å². The molecule has 6 heteroatoms. The fourth-order valence-corrected chi connectivity index (χ4v) is 1.70. The quantitative estimate of drug-likeness (QED) is 0.668. The predicted molar refractivity (Wildman–Crippen MR) is 72.7 cm³/mol. The maximum atomic E-state index is 11.9. The first kappa shape index (κ1) is 13.7. The van der Waals surface area contributed by atoms with Crippen molar-refractivity contribution in [1.82, 2.24) is 10.4 Å². The molecule has 1 heterocycles. The second-order valence-corrected chi connectivity index (χ2v) is 4.15. The molecule has 1 aromatic heterocycles. The Morgan fingerprint density at radius 2 is 2.05 bits per heavy atom. The number of nitrogens with one attached hydrogen (secondary N) is 1. The van der Waals surface area contributed by atoms with Crippen LogP contribution in [0.5, 0.6) is 5.88 Å². The molecule has 0 saturated heterocycles. The molecule has 1 N–H and O–H groups in total. The number of nitroso groups, excluding NO2 is 1. The zero-order valence-electron chi connectivity index (χ0n) is 10.8. The van der Waals surface area contributed by atoms with Crippen molar-refractivity contribution in [3.8, 4) is 5.88 Å². The zero-order valence-corrected chi connectivity index (χ0v) is 10.8. The topological polar surface area (TPSA) is 80.7 Å².